The maximum Gasteiger partial charge on any atom is 0.233 e. The Kier molecular flexibility index (Phi) is 5.67. The van der Waals surface area contributed by atoms with Crippen molar-refractivity contribution in [3.05, 3.63) is 66.7 Å². The van der Waals surface area contributed by atoms with Crippen molar-refractivity contribution in [2.75, 3.05) is 48.9 Å². The zero-order valence-electron chi connectivity index (χ0n) is 17.8. The largest absolute Gasteiger partial charge is 0.497 e. The molecule has 2 N–H and O–H groups in total. The van der Waals surface area contributed by atoms with E-state index in [4.69, 9.17) is 14.5 Å². The van der Waals surface area contributed by atoms with Crippen molar-refractivity contribution < 1.29 is 9.47 Å². The lowest BCUT2D eigenvalue weighted by atomic mass is 10.1. The van der Waals surface area contributed by atoms with Crippen LogP contribution >= 0.6 is 0 Å². The highest BCUT2D eigenvalue weighted by Crippen LogP contribution is 2.27. The molecule has 0 aliphatic carbocycles. The Labute approximate surface area is 186 Å². The minimum atomic E-state index is 0.467. The Morgan fingerprint density at radius 3 is 2.31 bits per heavy atom. The number of fused-ring (bicyclic) bond motifs is 1. The van der Waals surface area contributed by atoms with E-state index in [9.17, 15) is 0 Å². The topological polar surface area (TPSA) is 84.4 Å². The minimum absolute atomic E-state index is 0.467. The molecule has 162 valence electrons. The summed E-state index contributed by atoms with van der Waals surface area (Å²) >= 11 is 0. The van der Waals surface area contributed by atoms with Crippen LogP contribution in [0.5, 0.6) is 5.75 Å². The lowest BCUT2D eigenvalue weighted by molar-refractivity contribution is 0.122. The standard InChI is InChI=1S/C24H24N6O2/c1-31-19-11-9-18(10-12-19)25-22-27-23(29-24(28-22)30-13-15-32-16-14-30)26-21-8-4-6-17-5-2-3-7-20(17)21/h2-12H,13-16H2,1H3,(H2,25,26,27,28,29). The molecule has 0 bridgehead atoms. The van der Waals surface area contributed by atoms with Crippen molar-refractivity contribution in [2.24, 2.45) is 0 Å². The first-order valence-corrected chi connectivity index (χ1v) is 10.5. The van der Waals surface area contributed by atoms with Crippen molar-refractivity contribution in [1.29, 1.82) is 0 Å². The smallest absolute Gasteiger partial charge is 0.233 e. The molecule has 0 amide bonds. The fraction of sp³-hybridized carbons (Fsp3) is 0.208. The number of methoxy groups -OCH3 is 1. The maximum atomic E-state index is 5.49. The Morgan fingerprint density at radius 2 is 1.53 bits per heavy atom. The third-order valence-corrected chi connectivity index (χ3v) is 5.30. The highest BCUT2D eigenvalue weighted by molar-refractivity contribution is 5.94. The molecular weight excluding hydrogens is 404 g/mol. The Bertz CT molecular complexity index is 1200. The molecule has 32 heavy (non-hydrogen) atoms. The third-order valence-electron chi connectivity index (χ3n) is 5.30. The number of nitrogens with zero attached hydrogens (tertiary/aromatic N) is 4. The van der Waals surface area contributed by atoms with Crippen molar-refractivity contribution in [1.82, 2.24) is 15.0 Å². The minimum Gasteiger partial charge on any atom is -0.497 e. The van der Waals surface area contributed by atoms with Crippen molar-refractivity contribution in [3.8, 4) is 5.75 Å². The summed E-state index contributed by atoms with van der Waals surface area (Å²) in [6, 6.07) is 22.0. The summed E-state index contributed by atoms with van der Waals surface area (Å²) < 4.78 is 10.7. The predicted octanol–water partition coefficient (Wildman–Crippen LogP) is 4.36. The van der Waals surface area contributed by atoms with E-state index in [-0.39, 0.29) is 0 Å². The van der Waals surface area contributed by atoms with E-state index < -0.39 is 0 Å². The average molecular weight is 428 g/mol. The van der Waals surface area contributed by atoms with Gasteiger partial charge in [0, 0.05) is 29.9 Å². The van der Waals surface area contributed by atoms with E-state index >= 15 is 0 Å². The predicted molar refractivity (Wildman–Crippen MR) is 126 cm³/mol. The summed E-state index contributed by atoms with van der Waals surface area (Å²) in [6.07, 6.45) is 0. The number of benzene rings is 3. The normalized spacial score (nSPS) is 13.7. The van der Waals surface area contributed by atoms with Gasteiger partial charge in [-0.1, -0.05) is 36.4 Å². The van der Waals surface area contributed by atoms with Crippen LogP contribution < -0.4 is 20.3 Å². The molecule has 1 fully saturated rings. The second-order valence-electron chi connectivity index (χ2n) is 7.39. The lowest BCUT2D eigenvalue weighted by Crippen LogP contribution is -2.37. The summed E-state index contributed by atoms with van der Waals surface area (Å²) in [5.74, 6) is 2.35. The molecule has 1 aromatic heterocycles. The molecule has 1 saturated heterocycles. The van der Waals surface area contributed by atoms with E-state index in [1.54, 1.807) is 7.11 Å². The van der Waals surface area contributed by atoms with Gasteiger partial charge in [-0.2, -0.15) is 15.0 Å². The molecule has 1 aliphatic rings. The zero-order valence-corrected chi connectivity index (χ0v) is 17.8. The SMILES string of the molecule is COc1ccc(Nc2nc(Nc3cccc4ccccc34)nc(N3CCOCC3)n2)cc1. The number of aromatic nitrogens is 3. The van der Waals surface area contributed by atoms with Gasteiger partial charge in [0.25, 0.3) is 0 Å². The number of hydrogen-bond acceptors (Lipinski definition) is 8. The van der Waals surface area contributed by atoms with Crippen molar-refractivity contribution in [2.45, 2.75) is 0 Å². The Balaban J connectivity index is 1.49. The van der Waals surface area contributed by atoms with Crippen LogP contribution in [0.4, 0.5) is 29.2 Å². The van der Waals surface area contributed by atoms with Gasteiger partial charge in [0.15, 0.2) is 0 Å². The quantitative estimate of drug-likeness (QED) is 0.469. The van der Waals surface area contributed by atoms with Gasteiger partial charge >= 0.3 is 0 Å². The summed E-state index contributed by atoms with van der Waals surface area (Å²) in [5, 5.41) is 8.93. The molecule has 0 unspecified atom stereocenters. The number of nitrogens with one attached hydrogen (secondary N) is 2. The monoisotopic (exact) mass is 428 g/mol. The Hall–Kier alpha value is -3.91. The van der Waals surface area contributed by atoms with Crippen LogP contribution in [0.25, 0.3) is 10.8 Å². The number of rotatable bonds is 6. The summed E-state index contributed by atoms with van der Waals surface area (Å²) in [5.41, 5.74) is 1.80. The van der Waals surface area contributed by atoms with Gasteiger partial charge in [0.1, 0.15) is 5.75 Å². The summed E-state index contributed by atoms with van der Waals surface area (Å²) in [4.78, 5) is 16.1. The molecule has 8 heteroatoms. The van der Waals surface area contributed by atoms with E-state index in [1.165, 1.54) is 0 Å². The molecule has 4 aromatic rings. The third kappa shape index (κ3) is 4.40. The summed E-state index contributed by atoms with van der Waals surface area (Å²) in [7, 11) is 1.65. The second kappa shape index (κ2) is 9.07. The molecule has 0 radical (unpaired) electrons. The second-order valence-corrected chi connectivity index (χ2v) is 7.39. The van der Waals surface area contributed by atoms with E-state index in [1.807, 2.05) is 48.5 Å². The van der Waals surface area contributed by atoms with Gasteiger partial charge in [-0.05, 0) is 35.7 Å². The number of anilines is 5. The highest BCUT2D eigenvalue weighted by Gasteiger charge is 2.17. The molecule has 5 rings (SSSR count). The number of morpholine rings is 1. The highest BCUT2D eigenvalue weighted by atomic mass is 16.5. The molecule has 0 spiro atoms. The number of hydrogen-bond donors (Lipinski definition) is 2. The van der Waals surface area contributed by atoms with Crippen LogP contribution in [0, 0.1) is 0 Å². The van der Waals surface area contributed by atoms with E-state index in [2.05, 4.69) is 43.7 Å². The van der Waals surface area contributed by atoms with Gasteiger partial charge in [0.2, 0.25) is 17.8 Å². The van der Waals surface area contributed by atoms with Crippen LogP contribution in [0.1, 0.15) is 0 Å². The first kappa shape index (κ1) is 20.0. The fourth-order valence-corrected chi connectivity index (χ4v) is 3.64. The van der Waals surface area contributed by atoms with Gasteiger partial charge in [-0.25, -0.2) is 0 Å². The zero-order chi connectivity index (χ0) is 21.8. The van der Waals surface area contributed by atoms with Gasteiger partial charge in [-0.3, -0.25) is 0 Å². The van der Waals surface area contributed by atoms with Crippen LogP contribution in [0.2, 0.25) is 0 Å². The van der Waals surface area contributed by atoms with Crippen LogP contribution in [0.15, 0.2) is 66.7 Å². The lowest BCUT2D eigenvalue weighted by Gasteiger charge is -2.27. The molecular formula is C24H24N6O2. The van der Waals surface area contributed by atoms with E-state index in [0.717, 1.165) is 41.0 Å². The molecule has 3 aromatic carbocycles. The molecule has 0 saturated carbocycles. The first-order chi connectivity index (χ1) is 15.8. The Morgan fingerprint density at radius 1 is 0.812 bits per heavy atom. The number of ether oxygens (including phenoxy) is 2. The average Bonchev–Trinajstić information content (AvgIpc) is 2.85. The molecule has 2 heterocycles. The van der Waals surface area contributed by atoms with Crippen LogP contribution in [-0.4, -0.2) is 48.4 Å². The van der Waals surface area contributed by atoms with E-state index in [0.29, 0.717) is 31.1 Å². The molecule has 1 aliphatic heterocycles. The van der Waals surface area contributed by atoms with Gasteiger partial charge < -0.3 is 25.0 Å². The fourth-order valence-electron chi connectivity index (χ4n) is 3.64. The van der Waals surface area contributed by atoms with Crippen LogP contribution in [0.3, 0.4) is 0 Å². The summed E-state index contributed by atoms with van der Waals surface area (Å²) in [6.45, 7) is 2.78. The van der Waals surface area contributed by atoms with Crippen LogP contribution in [-0.2, 0) is 4.74 Å². The van der Waals surface area contributed by atoms with Gasteiger partial charge in [0.05, 0.1) is 20.3 Å². The first-order valence-electron chi connectivity index (χ1n) is 10.5. The molecule has 8 nitrogen and oxygen atoms in total. The van der Waals surface area contributed by atoms with Gasteiger partial charge in [-0.15, -0.1) is 0 Å². The van der Waals surface area contributed by atoms with Crippen molar-refractivity contribution >= 4 is 40.0 Å². The molecule has 0 atom stereocenters. The van der Waals surface area contributed by atoms with Crippen molar-refractivity contribution in [3.63, 3.8) is 0 Å². The maximum absolute atomic E-state index is 5.49.